The Hall–Kier alpha value is -2.62. The van der Waals surface area contributed by atoms with E-state index in [0.717, 1.165) is 0 Å². The molecule has 0 heterocycles. The van der Waals surface area contributed by atoms with Crippen LogP contribution in [0.3, 0.4) is 0 Å². The van der Waals surface area contributed by atoms with E-state index >= 15 is 0 Å². The Morgan fingerprint density at radius 3 is 2.22 bits per heavy atom. The number of ketones is 1. The van der Waals surface area contributed by atoms with Gasteiger partial charge >= 0.3 is 5.97 Å². The van der Waals surface area contributed by atoms with Crippen molar-refractivity contribution in [1.82, 2.24) is 0 Å². The molecule has 90 valence electrons. The summed E-state index contributed by atoms with van der Waals surface area (Å²) in [5, 5.41) is 9.06. The van der Waals surface area contributed by atoms with Gasteiger partial charge in [-0.2, -0.15) is 0 Å². The molecule has 0 aliphatic heterocycles. The minimum absolute atomic E-state index is 0.0435. The third kappa shape index (κ3) is 2.22. The zero-order valence-corrected chi connectivity index (χ0v) is 9.46. The van der Waals surface area contributed by atoms with E-state index in [2.05, 4.69) is 0 Å². The van der Waals surface area contributed by atoms with Crippen molar-refractivity contribution in [2.75, 3.05) is 5.73 Å². The molecule has 2 aromatic rings. The minimum atomic E-state index is -1.14. The van der Waals surface area contributed by atoms with Gasteiger partial charge in [0.2, 0.25) is 0 Å². The van der Waals surface area contributed by atoms with Crippen LogP contribution >= 0.6 is 0 Å². The third-order valence-electron chi connectivity index (χ3n) is 2.55. The van der Waals surface area contributed by atoms with E-state index < -0.39 is 5.97 Å². The average Bonchev–Trinajstić information content (AvgIpc) is 2.38. The summed E-state index contributed by atoms with van der Waals surface area (Å²) in [6.45, 7) is 0. The van der Waals surface area contributed by atoms with Crippen molar-refractivity contribution in [2.24, 2.45) is 0 Å². The number of hydrogen-bond acceptors (Lipinski definition) is 3. The van der Waals surface area contributed by atoms with E-state index in [1.165, 1.54) is 18.2 Å². The van der Waals surface area contributed by atoms with Crippen LogP contribution in [-0.2, 0) is 0 Å². The fraction of sp³-hybridized carbons (Fsp3) is 0. The Bertz CT molecular complexity index is 606. The highest BCUT2D eigenvalue weighted by Crippen LogP contribution is 2.18. The molecular formula is C14H11NO3. The zero-order valence-electron chi connectivity index (χ0n) is 9.46. The predicted octanol–water partition coefficient (Wildman–Crippen LogP) is 2.20. The van der Waals surface area contributed by atoms with Gasteiger partial charge in [0.15, 0.2) is 5.78 Å². The first-order chi connectivity index (χ1) is 8.59. The van der Waals surface area contributed by atoms with E-state index in [1.54, 1.807) is 30.3 Å². The fourth-order valence-electron chi connectivity index (χ4n) is 1.68. The Morgan fingerprint density at radius 2 is 1.61 bits per heavy atom. The summed E-state index contributed by atoms with van der Waals surface area (Å²) in [6.07, 6.45) is 0. The number of carbonyl (C=O) groups excluding carboxylic acids is 1. The first kappa shape index (κ1) is 11.9. The molecular weight excluding hydrogens is 230 g/mol. The molecule has 0 unspecified atom stereocenters. The first-order valence-electron chi connectivity index (χ1n) is 5.32. The normalized spacial score (nSPS) is 10.0. The zero-order chi connectivity index (χ0) is 13.1. The summed E-state index contributed by atoms with van der Waals surface area (Å²) in [5.74, 6) is -1.49. The molecule has 2 aromatic carbocycles. The van der Waals surface area contributed by atoms with Crippen LogP contribution in [0.2, 0.25) is 0 Å². The van der Waals surface area contributed by atoms with Crippen molar-refractivity contribution in [2.45, 2.75) is 0 Å². The standard InChI is InChI=1S/C14H11NO3/c15-10-6-7-11(14(17)18)12(8-10)13(16)9-4-2-1-3-5-9/h1-8H,15H2,(H,17,18). The molecule has 0 aromatic heterocycles. The minimum Gasteiger partial charge on any atom is -0.478 e. The summed E-state index contributed by atoms with van der Waals surface area (Å²) in [7, 11) is 0. The number of aromatic carboxylic acids is 1. The molecule has 0 saturated heterocycles. The van der Waals surface area contributed by atoms with Crippen LogP contribution in [0.25, 0.3) is 0 Å². The molecule has 4 heteroatoms. The number of carbonyl (C=O) groups is 2. The number of carboxylic acids is 1. The van der Waals surface area contributed by atoms with Crippen LogP contribution in [0.1, 0.15) is 26.3 Å². The molecule has 4 nitrogen and oxygen atoms in total. The maximum atomic E-state index is 12.2. The Kier molecular flexibility index (Phi) is 3.10. The second kappa shape index (κ2) is 4.71. The summed E-state index contributed by atoms with van der Waals surface area (Å²) in [4.78, 5) is 23.3. The van der Waals surface area contributed by atoms with E-state index in [9.17, 15) is 9.59 Å². The average molecular weight is 241 g/mol. The first-order valence-corrected chi connectivity index (χ1v) is 5.32. The molecule has 0 fully saturated rings. The smallest absolute Gasteiger partial charge is 0.336 e. The van der Waals surface area contributed by atoms with Gasteiger partial charge in [-0.05, 0) is 18.2 Å². The van der Waals surface area contributed by atoms with Crippen molar-refractivity contribution in [3.8, 4) is 0 Å². The van der Waals surface area contributed by atoms with Crippen molar-refractivity contribution in [3.05, 3.63) is 65.2 Å². The summed E-state index contributed by atoms with van der Waals surface area (Å²) in [6, 6.07) is 12.7. The van der Waals surface area contributed by atoms with Gasteiger partial charge in [-0.15, -0.1) is 0 Å². The van der Waals surface area contributed by atoms with Crippen molar-refractivity contribution >= 4 is 17.4 Å². The Labute approximate surface area is 104 Å². The summed E-state index contributed by atoms with van der Waals surface area (Å²) < 4.78 is 0. The number of nitrogens with two attached hydrogens (primary N) is 1. The highest BCUT2D eigenvalue weighted by molar-refractivity contribution is 6.14. The fourth-order valence-corrected chi connectivity index (χ4v) is 1.68. The second-order valence-electron chi connectivity index (χ2n) is 3.81. The molecule has 18 heavy (non-hydrogen) atoms. The summed E-state index contributed by atoms with van der Waals surface area (Å²) in [5.41, 5.74) is 6.46. The molecule has 2 rings (SSSR count). The molecule has 0 amide bonds. The van der Waals surface area contributed by atoms with Crippen LogP contribution in [0.15, 0.2) is 48.5 Å². The van der Waals surface area contributed by atoms with E-state index in [1.807, 2.05) is 0 Å². The van der Waals surface area contributed by atoms with Gasteiger partial charge in [0.25, 0.3) is 0 Å². The lowest BCUT2D eigenvalue weighted by atomic mass is 9.98. The quantitative estimate of drug-likeness (QED) is 0.637. The van der Waals surface area contributed by atoms with Gasteiger partial charge in [-0.1, -0.05) is 30.3 Å². The van der Waals surface area contributed by atoms with Crippen LogP contribution in [-0.4, -0.2) is 16.9 Å². The molecule has 0 saturated carbocycles. The maximum absolute atomic E-state index is 12.2. The van der Waals surface area contributed by atoms with Crippen LogP contribution in [0.5, 0.6) is 0 Å². The van der Waals surface area contributed by atoms with E-state index in [-0.39, 0.29) is 16.9 Å². The van der Waals surface area contributed by atoms with E-state index in [0.29, 0.717) is 11.3 Å². The SMILES string of the molecule is Nc1ccc(C(=O)O)c(C(=O)c2ccccc2)c1. The van der Waals surface area contributed by atoms with Gasteiger partial charge in [0, 0.05) is 16.8 Å². The highest BCUT2D eigenvalue weighted by atomic mass is 16.4. The number of rotatable bonds is 3. The van der Waals surface area contributed by atoms with Crippen molar-refractivity contribution in [1.29, 1.82) is 0 Å². The van der Waals surface area contributed by atoms with Crippen molar-refractivity contribution < 1.29 is 14.7 Å². The number of benzene rings is 2. The summed E-state index contributed by atoms with van der Waals surface area (Å²) >= 11 is 0. The molecule has 0 radical (unpaired) electrons. The van der Waals surface area contributed by atoms with Gasteiger partial charge in [0.05, 0.1) is 5.56 Å². The molecule has 0 aliphatic rings. The van der Waals surface area contributed by atoms with Gasteiger partial charge in [-0.3, -0.25) is 4.79 Å². The monoisotopic (exact) mass is 241 g/mol. The molecule has 0 spiro atoms. The van der Waals surface area contributed by atoms with E-state index in [4.69, 9.17) is 10.8 Å². The molecule has 0 bridgehead atoms. The van der Waals surface area contributed by atoms with Crippen LogP contribution in [0, 0.1) is 0 Å². The number of anilines is 1. The second-order valence-corrected chi connectivity index (χ2v) is 3.81. The number of hydrogen-bond donors (Lipinski definition) is 2. The number of carboxylic acid groups (broad SMARTS) is 1. The third-order valence-corrected chi connectivity index (χ3v) is 2.55. The largest absolute Gasteiger partial charge is 0.478 e. The maximum Gasteiger partial charge on any atom is 0.336 e. The predicted molar refractivity (Wildman–Crippen MR) is 67.7 cm³/mol. The van der Waals surface area contributed by atoms with Crippen LogP contribution < -0.4 is 5.73 Å². The molecule has 0 atom stereocenters. The lowest BCUT2D eigenvalue weighted by molar-refractivity contribution is 0.0693. The van der Waals surface area contributed by atoms with Gasteiger partial charge in [-0.25, -0.2) is 4.79 Å². The lowest BCUT2D eigenvalue weighted by Crippen LogP contribution is -2.10. The van der Waals surface area contributed by atoms with Crippen molar-refractivity contribution in [3.63, 3.8) is 0 Å². The topological polar surface area (TPSA) is 80.4 Å². The van der Waals surface area contributed by atoms with Crippen LogP contribution in [0.4, 0.5) is 5.69 Å². The lowest BCUT2D eigenvalue weighted by Gasteiger charge is -2.06. The number of nitrogen functional groups attached to an aromatic ring is 1. The van der Waals surface area contributed by atoms with Gasteiger partial charge < -0.3 is 10.8 Å². The Morgan fingerprint density at radius 1 is 0.944 bits per heavy atom. The highest BCUT2D eigenvalue weighted by Gasteiger charge is 2.17. The Balaban J connectivity index is 2.54. The molecule has 0 aliphatic carbocycles. The van der Waals surface area contributed by atoms with Gasteiger partial charge in [0.1, 0.15) is 0 Å². The molecule has 3 N–H and O–H groups in total.